The molecule has 1 aliphatic carbocycles. The van der Waals surface area contributed by atoms with Crippen LogP contribution in [-0.2, 0) is 9.59 Å². The minimum Gasteiger partial charge on any atom is -0.324 e. The molecule has 3 rings (SSSR count). The van der Waals surface area contributed by atoms with E-state index in [0.29, 0.717) is 5.69 Å². The van der Waals surface area contributed by atoms with Crippen LogP contribution in [0, 0.1) is 5.92 Å². The van der Waals surface area contributed by atoms with Crippen molar-refractivity contribution < 1.29 is 14.4 Å². The third kappa shape index (κ3) is 2.61. The molecule has 1 aliphatic heterocycles. The molecule has 1 atom stereocenters. The Morgan fingerprint density at radius 2 is 2.09 bits per heavy atom. The van der Waals surface area contributed by atoms with Gasteiger partial charge in [-0.3, -0.25) is 14.5 Å². The summed E-state index contributed by atoms with van der Waals surface area (Å²) >= 11 is 3.33. The van der Waals surface area contributed by atoms with E-state index in [1.165, 1.54) is 0 Å². The number of hydrogen-bond acceptors (Lipinski definition) is 3. The van der Waals surface area contributed by atoms with Gasteiger partial charge in [-0.1, -0.05) is 12.1 Å². The van der Waals surface area contributed by atoms with Gasteiger partial charge in [-0.15, -0.1) is 0 Å². The number of anilines is 1. The van der Waals surface area contributed by atoms with Crippen molar-refractivity contribution in [3.8, 4) is 0 Å². The highest BCUT2D eigenvalue weighted by molar-refractivity contribution is 9.10. The Bertz CT molecular complexity index is 659. The number of amides is 4. The van der Waals surface area contributed by atoms with Crippen LogP contribution < -0.4 is 10.6 Å². The van der Waals surface area contributed by atoms with E-state index in [9.17, 15) is 14.4 Å². The fourth-order valence-corrected chi connectivity index (χ4v) is 3.08. The average molecular weight is 366 g/mol. The summed E-state index contributed by atoms with van der Waals surface area (Å²) in [5.41, 5.74) is -0.255. The van der Waals surface area contributed by atoms with E-state index in [4.69, 9.17) is 0 Å². The Labute approximate surface area is 136 Å². The van der Waals surface area contributed by atoms with Crippen LogP contribution >= 0.6 is 15.9 Å². The van der Waals surface area contributed by atoms with E-state index < -0.39 is 17.5 Å². The van der Waals surface area contributed by atoms with Crippen molar-refractivity contribution in [3.05, 3.63) is 28.7 Å². The highest BCUT2D eigenvalue weighted by Crippen LogP contribution is 2.42. The van der Waals surface area contributed by atoms with Gasteiger partial charge in [-0.05, 0) is 53.7 Å². The molecular formula is C15H16BrN3O3. The van der Waals surface area contributed by atoms with Crippen molar-refractivity contribution >= 4 is 39.5 Å². The van der Waals surface area contributed by atoms with Gasteiger partial charge in [-0.2, -0.15) is 0 Å². The molecule has 1 saturated heterocycles. The molecule has 2 N–H and O–H groups in total. The summed E-state index contributed by atoms with van der Waals surface area (Å²) in [6.07, 6.45) is 1.86. The first-order chi connectivity index (χ1) is 10.4. The third-order valence-electron chi connectivity index (χ3n) is 4.14. The van der Waals surface area contributed by atoms with Crippen molar-refractivity contribution in [2.45, 2.75) is 25.3 Å². The largest absolute Gasteiger partial charge is 0.325 e. The lowest BCUT2D eigenvalue weighted by Gasteiger charge is -2.20. The molecule has 7 heteroatoms. The fraction of sp³-hybridized carbons (Fsp3) is 0.400. The zero-order chi connectivity index (χ0) is 15.9. The van der Waals surface area contributed by atoms with E-state index in [1.807, 2.05) is 6.07 Å². The quantitative estimate of drug-likeness (QED) is 0.802. The molecule has 6 nitrogen and oxygen atoms in total. The number of rotatable bonds is 4. The summed E-state index contributed by atoms with van der Waals surface area (Å²) in [6, 6.07) is 6.66. The van der Waals surface area contributed by atoms with E-state index in [2.05, 4.69) is 26.6 Å². The van der Waals surface area contributed by atoms with Crippen LogP contribution in [0.15, 0.2) is 28.7 Å². The fourth-order valence-electron chi connectivity index (χ4n) is 2.69. The molecule has 2 fully saturated rings. The minimum atomic E-state index is -0.856. The first-order valence-electron chi connectivity index (χ1n) is 7.10. The van der Waals surface area contributed by atoms with Gasteiger partial charge in [0.1, 0.15) is 12.1 Å². The monoisotopic (exact) mass is 365 g/mol. The van der Waals surface area contributed by atoms with Gasteiger partial charge in [-0.25, -0.2) is 4.79 Å². The average Bonchev–Trinajstić information content (AvgIpc) is 3.28. The molecule has 1 aromatic rings. The SMILES string of the molecule is CC1(C2CC2)NC(=O)N(CC(=O)Nc2ccccc2Br)C1=O. The Balaban J connectivity index is 1.68. The van der Waals surface area contributed by atoms with Crippen LogP contribution in [0.5, 0.6) is 0 Å². The van der Waals surface area contributed by atoms with Crippen LogP contribution in [0.4, 0.5) is 10.5 Å². The zero-order valence-corrected chi connectivity index (χ0v) is 13.6. The molecule has 0 bridgehead atoms. The second kappa shape index (κ2) is 5.39. The van der Waals surface area contributed by atoms with Crippen molar-refractivity contribution in [1.82, 2.24) is 10.2 Å². The lowest BCUT2D eigenvalue weighted by molar-refractivity contribution is -0.134. The van der Waals surface area contributed by atoms with Gasteiger partial charge in [0.25, 0.3) is 5.91 Å². The lowest BCUT2D eigenvalue weighted by atomic mass is 9.96. The molecule has 0 spiro atoms. The Morgan fingerprint density at radius 3 is 2.73 bits per heavy atom. The normalized spacial score (nSPS) is 24.4. The molecule has 116 valence electrons. The Kier molecular flexibility index (Phi) is 3.68. The molecular weight excluding hydrogens is 350 g/mol. The van der Waals surface area contributed by atoms with Crippen molar-refractivity contribution in [1.29, 1.82) is 0 Å². The molecule has 1 heterocycles. The maximum atomic E-state index is 12.4. The third-order valence-corrected chi connectivity index (χ3v) is 4.84. The number of para-hydroxylation sites is 1. The summed E-state index contributed by atoms with van der Waals surface area (Å²) < 4.78 is 0.739. The number of carbonyl (C=O) groups excluding carboxylic acids is 3. The second-order valence-electron chi connectivity index (χ2n) is 5.83. The van der Waals surface area contributed by atoms with Crippen LogP contribution in [0.3, 0.4) is 0 Å². The molecule has 2 aliphatic rings. The maximum absolute atomic E-state index is 12.4. The molecule has 0 radical (unpaired) electrons. The molecule has 4 amide bonds. The minimum absolute atomic E-state index is 0.181. The molecule has 1 unspecified atom stereocenters. The van der Waals surface area contributed by atoms with Crippen molar-refractivity contribution in [2.75, 3.05) is 11.9 Å². The number of nitrogens with one attached hydrogen (secondary N) is 2. The summed E-state index contributed by atoms with van der Waals surface area (Å²) in [5.74, 6) is -0.544. The Hall–Kier alpha value is -1.89. The van der Waals surface area contributed by atoms with Crippen LogP contribution in [0.2, 0.25) is 0 Å². The first kappa shape index (κ1) is 15.0. The summed E-state index contributed by atoms with van der Waals surface area (Å²) in [5, 5.41) is 5.41. The number of carbonyl (C=O) groups is 3. The maximum Gasteiger partial charge on any atom is 0.325 e. The standard InChI is InChI=1S/C15H16BrN3O3/c1-15(9-6-7-9)13(21)19(14(22)18-15)8-12(20)17-11-5-3-2-4-10(11)16/h2-5,9H,6-8H2,1H3,(H,17,20)(H,18,22). The van der Waals surface area contributed by atoms with Crippen LogP contribution in [-0.4, -0.2) is 34.8 Å². The second-order valence-corrected chi connectivity index (χ2v) is 6.68. The molecule has 22 heavy (non-hydrogen) atoms. The van der Waals surface area contributed by atoms with Crippen LogP contribution in [0.25, 0.3) is 0 Å². The van der Waals surface area contributed by atoms with Crippen LogP contribution in [0.1, 0.15) is 19.8 Å². The van der Waals surface area contributed by atoms with Gasteiger partial charge < -0.3 is 10.6 Å². The predicted octanol–water partition coefficient (Wildman–Crippen LogP) is 2.11. The van der Waals surface area contributed by atoms with Gasteiger partial charge in [0.05, 0.1) is 5.69 Å². The topological polar surface area (TPSA) is 78.5 Å². The summed E-state index contributed by atoms with van der Waals surface area (Å²) in [6.45, 7) is 1.45. The van der Waals surface area contributed by atoms with Gasteiger partial charge >= 0.3 is 6.03 Å². The number of halogens is 1. The lowest BCUT2D eigenvalue weighted by Crippen LogP contribution is -2.46. The predicted molar refractivity (Wildman–Crippen MR) is 84.1 cm³/mol. The highest BCUT2D eigenvalue weighted by Gasteiger charge is 2.56. The van der Waals surface area contributed by atoms with Gasteiger partial charge in [0.2, 0.25) is 5.91 Å². The van der Waals surface area contributed by atoms with E-state index in [1.54, 1.807) is 25.1 Å². The number of hydrogen-bond donors (Lipinski definition) is 2. The Morgan fingerprint density at radius 1 is 1.41 bits per heavy atom. The van der Waals surface area contributed by atoms with E-state index in [0.717, 1.165) is 22.2 Å². The van der Waals surface area contributed by atoms with Crippen molar-refractivity contribution in [2.24, 2.45) is 5.92 Å². The number of imide groups is 1. The van der Waals surface area contributed by atoms with Crippen molar-refractivity contribution in [3.63, 3.8) is 0 Å². The highest BCUT2D eigenvalue weighted by atomic mass is 79.9. The van der Waals surface area contributed by atoms with Gasteiger partial charge in [0, 0.05) is 4.47 Å². The summed E-state index contributed by atoms with van der Waals surface area (Å²) in [4.78, 5) is 37.5. The zero-order valence-electron chi connectivity index (χ0n) is 12.1. The number of nitrogens with zero attached hydrogens (tertiary/aromatic N) is 1. The van der Waals surface area contributed by atoms with E-state index in [-0.39, 0.29) is 18.4 Å². The molecule has 0 aromatic heterocycles. The van der Waals surface area contributed by atoms with Gasteiger partial charge in [0.15, 0.2) is 0 Å². The summed E-state index contributed by atoms with van der Waals surface area (Å²) in [7, 11) is 0. The molecule has 1 saturated carbocycles. The smallest absolute Gasteiger partial charge is 0.324 e. The number of urea groups is 1. The molecule has 1 aromatic carbocycles. The number of benzene rings is 1. The first-order valence-corrected chi connectivity index (χ1v) is 7.89. The van der Waals surface area contributed by atoms with E-state index >= 15 is 0 Å².